The summed E-state index contributed by atoms with van der Waals surface area (Å²) in [6.07, 6.45) is 1.16. The van der Waals surface area contributed by atoms with E-state index in [1.165, 1.54) is 5.56 Å². The Bertz CT molecular complexity index is 934. The Balaban J connectivity index is 1.21. The Hall–Kier alpha value is -3.09. The molecule has 1 N–H and O–H groups in total. The lowest BCUT2D eigenvalue weighted by Crippen LogP contribution is -2.45. The normalized spacial score (nSPS) is 16.0. The molecule has 3 aromatic rings. The van der Waals surface area contributed by atoms with E-state index in [9.17, 15) is 4.79 Å². The number of piperazine rings is 1. The highest BCUT2D eigenvalue weighted by atomic mass is 16.5. The highest BCUT2D eigenvalue weighted by Gasteiger charge is 2.18. The van der Waals surface area contributed by atoms with E-state index in [0.29, 0.717) is 5.75 Å². The number of ether oxygens (including phenoxy) is 1. The first-order chi connectivity index (χ1) is 15.2. The van der Waals surface area contributed by atoms with Gasteiger partial charge in [-0.3, -0.25) is 14.6 Å². The molecule has 0 radical (unpaired) electrons. The molecular formula is C25H29N3O3. The molecule has 0 aliphatic carbocycles. The summed E-state index contributed by atoms with van der Waals surface area (Å²) in [5.74, 6) is 1.55. The van der Waals surface area contributed by atoms with E-state index in [1.807, 2.05) is 54.6 Å². The highest BCUT2D eigenvalue weighted by Crippen LogP contribution is 2.16. The number of benzene rings is 2. The van der Waals surface area contributed by atoms with Crippen molar-refractivity contribution in [2.75, 3.05) is 31.5 Å². The lowest BCUT2D eigenvalue weighted by Gasteiger charge is -2.34. The smallest absolute Gasteiger partial charge is 0.265 e. The van der Waals surface area contributed by atoms with Crippen molar-refractivity contribution < 1.29 is 13.9 Å². The van der Waals surface area contributed by atoms with Gasteiger partial charge in [-0.25, -0.2) is 0 Å². The van der Waals surface area contributed by atoms with Gasteiger partial charge in [0.2, 0.25) is 0 Å². The van der Waals surface area contributed by atoms with Crippen LogP contribution in [-0.4, -0.2) is 48.0 Å². The van der Waals surface area contributed by atoms with Crippen molar-refractivity contribution in [1.29, 1.82) is 0 Å². The minimum Gasteiger partial charge on any atom is -0.481 e. The van der Waals surface area contributed by atoms with Crippen molar-refractivity contribution in [3.05, 3.63) is 84.3 Å². The van der Waals surface area contributed by atoms with Gasteiger partial charge in [-0.15, -0.1) is 0 Å². The lowest BCUT2D eigenvalue weighted by molar-refractivity contribution is -0.122. The van der Waals surface area contributed by atoms with E-state index >= 15 is 0 Å². The molecule has 6 heteroatoms. The summed E-state index contributed by atoms with van der Waals surface area (Å²) in [7, 11) is 0. The van der Waals surface area contributed by atoms with Crippen molar-refractivity contribution in [3.8, 4) is 5.75 Å². The standard InChI is InChI=1S/C25H29N3O3/c1-20(31-23-6-3-2-4-7-23)25(29)26-22-11-9-21(10-12-22)18-27-13-15-28(16-14-27)19-24-8-5-17-30-24/h2-12,17,20H,13-16,18-19H2,1H3,(H,26,29). The van der Waals surface area contributed by atoms with Gasteiger partial charge in [-0.2, -0.15) is 0 Å². The first-order valence-corrected chi connectivity index (χ1v) is 10.7. The number of nitrogens with zero attached hydrogens (tertiary/aromatic N) is 2. The lowest BCUT2D eigenvalue weighted by atomic mass is 10.1. The topological polar surface area (TPSA) is 58.0 Å². The molecule has 1 unspecified atom stereocenters. The third kappa shape index (κ3) is 6.20. The maximum atomic E-state index is 12.4. The van der Waals surface area contributed by atoms with Crippen LogP contribution in [0.4, 0.5) is 5.69 Å². The molecule has 1 amide bonds. The maximum absolute atomic E-state index is 12.4. The fourth-order valence-corrected chi connectivity index (χ4v) is 3.68. The second-order valence-corrected chi connectivity index (χ2v) is 7.89. The molecule has 6 nitrogen and oxygen atoms in total. The monoisotopic (exact) mass is 419 g/mol. The highest BCUT2D eigenvalue weighted by molar-refractivity contribution is 5.94. The van der Waals surface area contributed by atoms with Gasteiger partial charge < -0.3 is 14.5 Å². The molecule has 4 rings (SSSR count). The van der Waals surface area contributed by atoms with Crippen molar-refractivity contribution in [2.45, 2.75) is 26.1 Å². The van der Waals surface area contributed by atoms with Gasteiger partial charge in [0, 0.05) is 38.4 Å². The number of rotatable bonds is 8. The van der Waals surface area contributed by atoms with Crippen molar-refractivity contribution in [3.63, 3.8) is 0 Å². The van der Waals surface area contributed by atoms with Crippen LogP contribution in [0.25, 0.3) is 0 Å². The number of hydrogen-bond donors (Lipinski definition) is 1. The van der Waals surface area contributed by atoms with E-state index in [4.69, 9.17) is 9.15 Å². The molecule has 0 spiro atoms. The molecule has 1 saturated heterocycles. The van der Waals surface area contributed by atoms with Crippen LogP contribution in [0.5, 0.6) is 5.75 Å². The molecule has 162 valence electrons. The van der Waals surface area contributed by atoms with Crippen LogP contribution >= 0.6 is 0 Å². The number of carbonyl (C=O) groups is 1. The molecular weight excluding hydrogens is 390 g/mol. The minimum absolute atomic E-state index is 0.163. The molecule has 1 aromatic heterocycles. The van der Waals surface area contributed by atoms with Crippen molar-refractivity contribution >= 4 is 11.6 Å². The Labute approximate surface area is 183 Å². The molecule has 31 heavy (non-hydrogen) atoms. The molecule has 0 saturated carbocycles. The predicted molar refractivity (Wildman–Crippen MR) is 121 cm³/mol. The van der Waals surface area contributed by atoms with Gasteiger partial charge in [0.25, 0.3) is 5.91 Å². The molecule has 2 heterocycles. The second kappa shape index (κ2) is 10.3. The van der Waals surface area contributed by atoms with Gasteiger partial charge >= 0.3 is 0 Å². The number of para-hydroxylation sites is 1. The third-order valence-corrected chi connectivity index (χ3v) is 5.48. The Morgan fingerprint density at radius 2 is 1.61 bits per heavy atom. The number of furan rings is 1. The van der Waals surface area contributed by atoms with Gasteiger partial charge in [0.1, 0.15) is 11.5 Å². The largest absolute Gasteiger partial charge is 0.481 e. The van der Waals surface area contributed by atoms with Gasteiger partial charge in [0.05, 0.1) is 12.8 Å². The van der Waals surface area contributed by atoms with Crippen LogP contribution in [0.1, 0.15) is 18.2 Å². The van der Waals surface area contributed by atoms with E-state index in [2.05, 4.69) is 27.2 Å². The second-order valence-electron chi connectivity index (χ2n) is 7.89. The van der Waals surface area contributed by atoms with Gasteiger partial charge in [0.15, 0.2) is 6.10 Å². The average molecular weight is 420 g/mol. The predicted octanol–water partition coefficient (Wildman–Crippen LogP) is 4.00. The number of amides is 1. The molecule has 1 aliphatic rings. The first kappa shape index (κ1) is 21.2. The third-order valence-electron chi connectivity index (χ3n) is 5.48. The van der Waals surface area contributed by atoms with Crippen LogP contribution in [0, 0.1) is 0 Å². The summed E-state index contributed by atoms with van der Waals surface area (Å²) in [5.41, 5.74) is 2.02. The Morgan fingerprint density at radius 3 is 2.26 bits per heavy atom. The number of hydrogen-bond acceptors (Lipinski definition) is 5. The summed E-state index contributed by atoms with van der Waals surface area (Å²) in [6, 6.07) is 21.4. The van der Waals surface area contributed by atoms with Crippen LogP contribution in [0.15, 0.2) is 77.4 Å². The van der Waals surface area contributed by atoms with E-state index in [-0.39, 0.29) is 5.91 Å². The molecule has 1 fully saturated rings. The molecule has 0 bridgehead atoms. The Kier molecular flexibility index (Phi) is 7.02. The van der Waals surface area contributed by atoms with Crippen LogP contribution < -0.4 is 10.1 Å². The van der Waals surface area contributed by atoms with Crippen molar-refractivity contribution in [2.24, 2.45) is 0 Å². The van der Waals surface area contributed by atoms with Crippen LogP contribution in [0.3, 0.4) is 0 Å². The number of nitrogens with one attached hydrogen (secondary N) is 1. The average Bonchev–Trinajstić information content (AvgIpc) is 3.30. The first-order valence-electron chi connectivity index (χ1n) is 10.7. The fourth-order valence-electron chi connectivity index (χ4n) is 3.68. The fraction of sp³-hybridized carbons (Fsp3) is 0.320. The summed E-state index contributed by atoms with van der Waals surface area (Å²) in [4.78, 5) is 17.3. The summed E-state index contributed by atoms with van der Waals surface area (Å²) in [6.45, 7) is 7.68. The molecule has 1 aliphatic heterocycles. The zero-order valence-electron chi connectivity index (χ0n) is 17.9. The van der Waals surface area contributed by atoms with Gasteiger partial charge in [-0.05, 0) is 48.9 Å². The zero-order valence-corrected chi connectivity index (χ0v) is 17.9. The van der Waals surface area contributed by atoms with E-state index in [0.717, 1.165) is 50.7 Å². The van der Waals surface area contributed by atoms with Crippen LogP contribution in [-0.2, 0) is 17.9 Å². The van der Waals surface area contributed by atoms with Gasteiger partial charge in [-0.1, -0.05) is 30.3 Å². The number of carbonyl (C=O) groups excluding carboxylic acids is 1. The summed E-state index contributed by atoms with van der Waals surface area (Å²) in [5, 5.41) is 2.93. The molecule has 2 aromatic carbocycles. The maximum Gasteiger partial charge on any atom is 0.265 e. The number of anilines is 1. The van der Waals surface area contributed by atoms with E-state index in [1.54, 1.807) is 13.2 Å². The molecule has 1 atom stereocenters. The van der Waals surface area contributed by atoms with Crippen LogP contribution in [0.2, 0.25) is 0 Å². The quantitative estimate of drug-likeness (QED) is 0.598. The zero-order chi connectivity index (χ0) is 21.5. The summed E-state index contributed by atoms with van der Waals surface area (Å²) < 4.78 is 11.1. The SMILES string of the molecule is CC(Oc1ccccc1)C(=O)Nc1ccc(CN2CCN(Cc3ccco3)CC2)cc1. The minimum atomic E-state index is -0.570. The Morgan fingerprint density at radius 1 is 0.935 bits per heavy atom. The van der Waals surface area contributed by atoms with E-state index < -0.39 is 6.10 Å². The van der Waals surface area contributed by atoms with Crippen molar-refractivity contribution in [1.82, 2.24) is 9.80 Å². The summed E-state index contributed by atoms with van der Waals surface area (Å²) >= 11 is 0.